The molecule has 0 radical (unpaired) electrons. The Balaban J connectivity index is 1.84. The van der Waals surface area contributed by atoms with Gasteiger partial charge in [-0.15, -0.1) is 0 Å². The minimum atomic E-state index is -1.08. The Morgan fingerprint density at radius 3 is 2.90 bits per heavy atom. The number of furan rings is 1. The van der Waals surface area contributed by atoms with Crippen LogP contribution in [0, 0.1) is 0 Å². The molecule has 110 valence electrons. The summed E-state index contributed by atoms with van der Waals surface area (Å²) in [5, 5.41) is 9.68. The fourth-order valence-corrected chi connectivity index (χ4v) is 2.87. The molecule has 3 rings (SSSR count). The third-order valence-electron chi connectivity index (χ3n) is 3.87. The average molecular weight is 288 g/mol. The Hall–Kier alpha value is -2.34. The van der Waals surface area contributed by atoms with Crippen LogP contribution in [-0.4, -0.2) is 34.5 Å². The van der Waals surface area contributed by atoms with E-state index >= 15 is 0 Å². The highest BCUT2D eigenvalue weighted by atomic mass is 16.4. The third-order valence-corrected chi connectivity index (χ3v) is 3.87. The van der Waals surface area contributed by atoms with Gasteiger partial charge in [-0.25, -0.2) is 4.79 Å². The number of fused-ring (bicyclic) bond motifs is 1. The molecule has 1 saturated heterocycles. The lowest BCUT2D eigenvalue weighted by atomic mass is 10.1. The van der Waals surface area contributed by atoms with Crippen molar-refractivity contribution >= 4 is 22.8 Å². The summed E-state index contributed by atoms with van der Waals surface area (Å²) >= 11 is 0. The number of nitrogens with zero attached hydrogens (tertiary/aromatic N) is 1. The molecule has 0 aliphatic carbocycles. The second-order valence-corrected chi connectivity index (χ2v) is 5.32. The number of carboxylic acid groups (broad SMARTS) is 1. The number of carboxylic acids is 1. The lowest BCUT2D eigenvalue weighted by Crippen LogP contribution is -2.39. The number of nitrogens with two attached hydrogens (primary N) is 1. The minimum Gasteiger partial charge on any atom is -0.475 e. The van der Waals surface area contributed by atoms with Crippen LogP contribution >= 0.6 is 0 Å². The second kappa shape index (κ2) is 5.21. The summed E-state index contributed by atoms with van der Waals surface area (Å²) in [5.41, 5.74) is 6.96. The van der Waals surface area contributed by atoms with Gasteiger partial charge in [0.1, 0.15) is 5.58 Å². The van der Waals surface area contributed by atoms with E-state index in [-0.39, 0.29) is 17.7 Å². The number of carbonyl (C=O) groups is 2. The molecule has 0 bridgehead atoms. The number of rotatable bonds is 4. The van der Waals surface area contributed by atoms with E-state index in [9.17, 15) is 9.59 Å². The second-order valence-electron chi connectivity index (χ2n) is 5.32. The van der Waals surface area contributed by atoms with Gasteiger partial charge < -0.3 is 15.3 Å². The number of primary amides is 1. The van der Waals surface area contributed by atoms with Crippen molar-refractivity contribution in [2.24, 2.45) is 5.73 Å². The van der Waals surface area contributed by atoms with Gasteiger partial charge in [0, 0.05) is 11.9 Å². The largest absolute Gasteiger partial charge is 0.475 e. The highest BCUT2D eigenvalue weighted by Crippen LogP contribution is 2.24. The lowest BCUT2D eigenvalue weighted by molar-refractivity contribution is -0.122. The molecule has 0 saturated carbocycles. The molecule has 2 aromatic rings. The summed E-state index contributed by atoms with van der Waals surface area (Å²) in [7, 11) is 0. The van der Waals surface area contributed by atoms with E-state index in [0.717, 1.165) is 30.3 Å². The molecule has 6 nitrogen and oxygen atoms in total. The molecule has 1 aromatic heterocycles. The SMILES string of the molecule is NC(=O)C1CCCN1Cc1ccc2oc(C(=O)O)cc2c1. The molecule has 1 atom stereocenters. The molecule has 1 amide bonds. The zero-order chi connectivity index (χ0) is 15.0. The maximum absolute atomic E-state index is 11.4. The van der Waals surface area contributed by atoms with Crippen molar-refractivity contribution < 1.29 is 19.1 Å². The van der Waals surface area contributed by atoms with Gasteiger partial charge in [-0.3, -0.25) is 9.69 Å². The van der Waals surface area contributed by atoms with Crippen LogP contribution < -0.4 is 5.73 Å². The zero-order valence-corrected chi connectivity index (χ0v) is 11.4. The normalized spacial score (nSPS) is 19.1. The van der Waals surface area contributed by atoms with Gasteiger partial charge in [0.25, 0.3) is 0 Å². The maximum atomic E-state index is 11.4. The number of carbonyl (C=O) groups excluding carboxylic acids is 1. The van der Waals surface area contributed by atoms with Crippen LogP contribution in [0.4, 0.5) is 0 Å². The molecule has 3 N–H and O–H groups in total. The van der Waals surface area contributed by atoms with Crippen molar-refractivity contribution in [1.82, 2.24) is 4.90 Å². The molecular formula is C15H16N2O4. The Kier molecular flexibility index (Phi) is 3.39. The topological polar surface area (TPSA) is 96.8 Å². The Morgan fingerprint density at radius 2 is 2.19 bits per heavy atom. The van der Waals surface area contributed by atoms with E-state index in [1.54, 1.807) is 6.07 Å². The van der Waals surface area contributed by atoms with E-state index in [1.807, 2.05) is 12.1 Å². The molecule has 1 aromatic carbocycles. The summed E-state index contributed by atoms with van der Waals surface area (Å²) in [6, 6.07) is 6.83. The van der Waals surface area contributed by atoms with Crippen LogP contribution in [0.5, 0.6) is 0 Å². The zero-order valence-electron chi connectivity index (χ0n) is 11.4. The van der Waals surface area contributed by atoms with Gasteiger partial charge in [0.2, 0.25) is 11.7 Å². The average Bonchev–Trinajstić information content (AvgIpc) is 3.04. The van der Waals surface area contributed by atoms with Crippen molar-refractivity contribution in [2.45, 2.75) is 25.4 Å². The monoisotopic (exact) mass is 288 g/mol. The Morgan fingerprint density at radius 1 is 1.38 bits per heavy atom. The lowest BCUT2D eigenvalue weighted by Gasteiger charge is -2.21. The fourth-order valence-electron chi connectivity index (χ4n) is 2.87. The van der Waals surface area contributed by atoms with Crippen molar-refractivity contribution in [3.63, 3.8) is 0 Å². The quantitative estimate of drug-likeness (QED) is 0.890. The molecule has 1 fully saturated rings. The number of aromatic carboxylic acids is 1. The first-order chi connectivity index (χ1) is 10.0. The molecule has 0 spiro atoms. The van der Waals surface area contributed by atoms with Crippen LogP contribution in [0.15, 0.2) is 28.7 Å². The first-order valence-corrected chi connectivity index (χ1v) is 6.84. The standard InChI is InChI=1S/C15H16N2O4/c16-14(18)11-2-1-5-17(11)8-9-3-4-12-10(6-9)7-13(21-12)15(19)20/h3-4,6-7,11H,1-2,5,8H2,(H2,16,18)(H,19,20). The summed E-state index contributed by atoms with van der Waals surface area (Å²) in [4.78, 5) is 24.3. The first-order valence-electron chi connectivity index (χ1n) is 6.84. The molecular weight excluding hydrogens is 272 g/mol. The number of amides is 1. The Bertz CT molecular complexity index is 707. The number of hydrogen-bond acceptors (Lipinski definition) is 4. The van der Waals surface area contributed by atoms with Gasteiger partial charge in [-0.05, 0) is 43.1 Å². The molecule has 6 heteroatoms. The van der Waals surface area contributed by atoms with E-state index in [4.69, 9.17) is 15.3 Å². The van der Waals surface area contributed by atoms with E-state index in [0.29, 0.717) is 12.1 Å². The molecule has 1 aliphatic heterocycles. The van der Waals surface area contributed by atoms with E-state index in [2.05, 4.69) is 4.90 Å². The van der Waals surface area contributed by atoms with Gasteiger partial charge in [-0.1, -0.05) is 6.07 Å². The summed E-state index contributed by atoms with van der Waals surface area (Å²) < 4.78 is 5.23. The van der Waals surface area contributed by atoms with E-state index in [1.165, 1.54) is 6.07 Å². The molecule has 2 heterocycles. The van der Waals surface area contributed by atoms with Crippen LogP contribution in [0.1, 0.15) is 29.0 Å². The fraction of sp³-hybridized carbons (Fsp3) is 0.333. The van der Waals surface area contributed by atoms with Crippen LogP contribution in [0.2, 0.25) is 0 Å². The van der Waals surface area contributed by atoms with Crippen molar-refractivity contribution in [1.29, 1.82) is 0 Å². The van der Waals surface area contributed by atoms with Gasteiger partial charge in [0.05, 0.1) is 6.04 Å². The number of hydrogen-bond donors (Lipinski definition) is 2. The summed E-state index contributed by atoms with van der Waals surface area (Å²) in [6.45, 7) is 1.47. The number of likely N-dealkylation sites (tertiary alicyclic amines) is 1. The first kappa shape index (κ1) is 13.6. The highest BCUT2D eigenvalue weighted by molar-refractivity contribution is 5.91. The predicted octanol–water partition coefficient (Wildman–Crippen LogP) is 1.58. The number of benzene rings is 1. The minimum absolute atomic E-state index is 0.0710. The van der Waals surface area contributed by atoms with Gasteiger partial charge in [0.15, 0.2) is 0 Å². The maximum Gasteiger partial charge on any atom is 0.371 e. The van der Waals surface area contributed by atoms with Crippen molar-refractivity contribution in [2.75, 3.05) is 6.54 Å². The predicted molar refractivity (Wildman–Crippen MR) is 75.8 cm³/mol. The smallest absolute Gasteiger partial charge is 0.371 e. The molecule has 1 unspecified atom stereocenters. The Labute approximate surface area is 121 Å². The summed E-state index contributed by atoms with van der Waals surface area (Å²) in [6.07, 6.45) is 1.76. The van der Waals surface area contributed by atoms with Crippen LogP contribution in [-0.2, 0) is 11.3 Å². The highest BCUT2D eigenvalue weighted by Gasteiger charge is 2.28. The van der Waals surface area contributed by atoms with Crippen molar-refractivity contribution in [3.05, 3.63) is 35.6 Å². The summed E-state index contributed by atoms with van der Waals surface area (Å²) in [5.74, 6) is -1.44. The van der Waals surface area contributed by atoms with Gasteiger partial charge in [-0.2, -0.15) is 0 Å². The third kappa shape index (κ3) is 2.62. The van der Waals surface area contributed by atoms with Crippen molar-refractivity contribution in [3.8, 4) is 0 Å². The van der Waals surface area contributed by atoms with Gasteiger partial charge >= 0.3 is 5.97 Å². The van der Waals surface area contributed by atoms with Crippen LogP contribution in [0.3, 0.4) is 0 Å². The van der Waals surface area contributed by atoms with Crippen LogP contribution in [0.25, 0.3) is 11.0 Å². The van der Waals surface area contributed by atoms with E-state index < -0.39 is 5.97 Å². The molecule has 21 heavy (non-hydrogen) atoms. The molecule has 1 aliphatic rings.